The highest BCUT2D eigenvalue weighted by atomic mass is 79.9. The Labute approximate surface area is 166 Å². The van der Waals surface area contributed by atoms with Crippen molar-refractivity contribution in [2.75, 3.05) is 18.6 Å². The zero-order valence-electron chi connectivity index (χ0n) is 12.4. The van der Waals surface area contributed by atoms with Gasteiger partial charge in [-0.25, -0.2) is 4.79 Å². The van der Waals surface area contributed by atoms with Crippen LogP contribution >= 0.6 is 55.1 Å². The summed E-state index contributed by atoms with van der Waals surface area (Å²) >= 11 is 17.9. The highest BCUT2D eigenvalue weighted by Crippen LogP contribution is 2.28. The number of carbonyl (C=O) groups is 1. The van der Waals surface area contributed by atoms with Gasteiger partial charge in [0, 0.05) is 25.3 Å². The van der Waals surface area contributed by atoms with Gasteiger partial charge >= 0.3 is 5.97 Å². The van der Waals surface area contributed by atoms with Crippen LogP contribution in [0.3, 0.4) is 0 Å². The second-order valence-electron chi connectivity index (χ2n) is 4.47. The van der Waals surface area contributed by atoms with Gasteiger partial charge in [-0.2, -0.15) is 0 Å². The summed E-state index contributed by atoms with van der Waals surface area (Å²) in [5.41, 5.74) is 13.1. The van der Waals surface area contributed by atoms with Crippen LogP contribution in [0.25, 0.3) is 0 Å². The molecular weight excluding hydrogens is 487 g/mol. The highest BCUT2D eigenvalue weighted by molar-refractivity contribution is 9.11. The second-order valence-corrected chi connectivity index (χ2v) is 6.99. The van der Waals surface area contributed by atoms with Crippen LogP contribution in [0, 0.1) is 0 Å². The lowest BCUT2D eigenvalue weighted by Crippen LogP contribution is -2.03. The Morgan fingerprint density at radius 2 is 1.58 bits per heavy atom. The van der Waals surface area contributed by atoms with Gasteiger partial charge in [-0.05, 0) is 61.7 Å². The van der Waals surface area contributed by atoms with E-state index in [1.807, 2.05) is 0 Å². The molecule has 0 fully saturated rings. The minimum absolute atomic E-state index is 0.0717. The largest absolute Gasteiger partial charge is 0.465 e. The minimum atomic E-state index is -0.481. The first kappa shape index (κ1) is 21.1. The Morgan fingerprint density at radius 3 is 2.08 bits per heavy atom. The number of hydrogen-bond donors (Lipinski definition) is 3. The number of ether oxygens (including phenoxy) is 1. The van der Waals surface area contributed by atoms with E-state index >= 15 is 0 Å². The van der Waals surface area contributed by atoms with Crippen LogP contribution < -0.4 is 11.5 Å². The quantitative estimate of drug-likeness (QED) is 0.412. The van der Waals surface area contributed by atoms with Crippen molar-refractivity contribution in [3.05, 3.63) is 54.4 Å². The molecule has 0 aliphatic heterocycles. The van der Waals surface area contributed by atoms with Gasteiger partial charge in [0.1, 0.15) is 0 Å². The molecule has 2 aromatic carbocycles. The molecule has 0 saturated heterocycles. The molecule has 0 spiro atoms. The number of methoxy groups -OCH3 is 1. The number of rotatable bonds is 2. The molecule has 0 saturated carbocycles. The third kappa shape index (κ3) is 5.53. The number of anilines is 2. The molecule has 2 aromatic rings. The van der Waals surface area contributed by atoms with E-state index in [9.17, 15) is 4.79 Å². The van der Waals surface area contributed by atoms with Crippen LogP contribution in [0.4, 0.5) is 11.4 Å². The number of benzene rings is 2. The summed E-state index contributed by atoms with van der Waals surface area (Å²) in [6.07, 6.45) is 0. The maximum atomic E-state index is 11.1. The van der Waals surface area contributed by atoms with E-state index < -0.39 is 5.97 Å². The lowest BCUT2D eigenvalue weighted by atomic mass is 10.2. The van der Waals surface area contributed by atoms with Crippen molar-refractivity contribution in [2.24, 2.45) is 0 Å². The fraction of sp³-hybridized carbons (Fsp3) is 0.133. The van der Waals surface area contributed by atoms with Gasteiger partial charge in [-0.1, -0.05) is 23.2 Å². The van der Waals surface area contributed by atoms with Crippen LogP contribution in [0.1, 0.15) is 15.9 Å². The molecule has 0 aliphatic rings. The molecule has 2 rings (SSSR count). The fourth-order valence-electron chi connectivity index (χ4n) is 1.55. The number of aliphatic hydroxyl groups excluding tert-OH is 1. The Bertz CT molecular complexity index is 758. The first-order valence-corrected chi connectivity index (χ1v) is 8.72. The summed E-state index contributed by atoms with van der Waals surface area (Å²) in [4.78, 5) is 11.1. The van der Waals surface area contributed by atoms with Gasteiger partial charge < -0.3 is 21.3 Å². The number of esters is 1. The van der Waals surface area contributed by atoms with Crippen LogP contribution in [0.15, 0.2) is 33.2 Å². The molecule has 0 radical (unpaired) electrons. The first-order valence-electron chi connectivity index (χ1n) is 6.38. The number of hydrogen-bond acceptors (Lipinski definition) is 5. The maximum Gasteiger partial charge on any atom is 0.339 e. The Hall–Kier alpha value is -0.990. The predicted octanol–water partition coefficient (Wildman–Crippen LogP) is 4.65. The van der Waals surface area contributed by atoms with E-state index in [1.54, 1.807) is 12.1 Å². The lowest BCUT2D eigenvalue weighted by molar-refractivity contribution is 0.0601. The average Bonchev–Trinajstić information content (AvgIpc) is 2.54. The molecule has 0 heterocycles. The fourth-order valence-corrected chi connectivity index (χ4v) is 2.77. The normalized spacial score (nSPS) is 9.92. The molecule has 0 amide bonds. The topological polar surface area (TPSA) is 98.6 Å². The van der Waals surface area contributed by atoms with Crippen molar-refractivity contribution in [1.82, 2.24) is 0 Å². The number of halogens is 4. The van der Waals surface area contributed by atoms with Crippen molar-refractivity contribution < 1.29 is 14.6 Å². The smallest absolute Gasteiger partial charge is 0.339 e. The Balaban J connectivity index is 0.000000243. The average molecular weight is 501 g/mol. The predicted molar refractivity (Wildman–Crippen MR) is 104 cm³/mol. The second kappa shape index (κ2) is 9.48. The van der Waals surface area contributed by atoms with Crippen molar-refractivity contribution in [3.63, 3.8) is 0 Å². The van der Waals surface area contributed by atoms with Crippen LogP contribution in [0.2, 0.25) is 10.0 Å². The van der Waals surface area contributed by atoms with Crippen LogP contribution in [0.5, 0.6) is 0 Å². The number of aliphatic hydroxyl groups is 1. The van der Waals surface area contributed by atoms with E-state index in [4.69, 9.17) is 39.8 Å². The minimum Gasteiger partial charge on any atom is -0.465 e. The zero-order valence-corrected chi connectivity index (χ0v) is 17.1. The Morgan fingerprint density at radius 1 is 1.08 bits per heavy atom. The van der Waals surface area contributed by atoms with E-state index in [0.717, 1.165) is 4.47 Å². The molecule has 5 nitrogen and oxygen atoms in total. The summed E-state index contributed by atoms with van der Waals surface area (Å²) in [5, 5.41) is 9.57. The van der Waals surface area contributed by atoms with E-state index in [0.29, 0.717) is 32.0 Å². The van der Waals surface area contributed by atoms with E-state index in [-0.39, 0.29) is 11.6 Å². The van der Waals surface area contributed by atoms with Crippen molar-refractivity contribution in [2.45, 2.75) is 6.61 Å². The number of nitrogens with two attached hydrogens (primary N) is 2. The van der Waals surface area contributed by atoms with E-state index in [1.165, 1.54) is 19.2 Å². The van der Waals surface area contributed by atoms with E-state index in [2.05, 4.69) is 36.6 Å². The summed E-state index contributed by atoms with van der Waals surface area (Å²) < 4.78 is 5.90. The molecular formula is C15H14Br2Cl2N2O3. The summed E-state index contributed by atoms with van der Waals surface area (Å²) in [6, 6.07) is 6.34. The number of carbonyl (C=O) groups excluding carboxylic acids is 1. The van der Waals surface area contributed by atoms with Crippen LogP contribution in [-0.4, -0.2) is 18.2 Å². The highest BCUT2D eigenvalue weighted by Gasteiger charge is 2.12. The number of nitrogen functional groups attached to an aromatic ring is 2. The lowest BCUT2D eigenvalue weighted by Gasteiger charge is -2.04. The first-order chi connectivity index (χ1) is 11.2. The summed E-state index contributed by atoms with van der Waals surface area (Å²) in [5.74, 6) is -0.481. The SMILES string of the molecule is COC(=O)c1cc(Br)c(N)cc1Cl.Nc1cc(Cl)c(CO)cc1Br. The molecule has 5 N–H and O–H groups in total. The molecule has 9 heteroatoms. The summed E-state index contributed by atoms with van der Waals surface area (Å²) in [7, 11) is 1.29. The summed E-state index contributed by atoms with van der Waals surface area (Å²) in [6.45, 7) is -0.0717. The van der Waals surface area contributed by atoms with Gasteiger partial charge in [0.25, 0.3) is 0 Å². The maximum absolute atomic E-state index is 11.1. The van der Waals surface area contributed by atoms with Gasteiger partial charge in [-0.3, -0.25) is 0 Å². The van der Waals surface area contributed by atoms with Crippen LogP contribution in [-0.2, 0) is 11.3 Å². The van der Waals surface area contributed by atoms with Gasteiger partial charge in [0.2, 0.25) is 0 Å². The molecule has 0 aliphatic carbocycles. The van der Waals surface area contributed by atoms with Gasteiger partial charge in [0.15, 0.2) is 0 Å². The standard InChI is InChI=1S/C8H7BrClNO2.C7H7BrClNO/c1-13-8(12)4-2-5(9)7(11)3-6(4)10;8-5-1-4(3-11)6(9)2-7(5)10/h2-3H,11H2,1H3;1-2,11H,3,10H2. The van der Waals surface area contributed by atoms with Crippen molar-refractivity contribution >= 4 is 72.4 Å². The van der Waals surface area contributed by atoms with Gasteiger partial charge in [-0.15, -0.1) is 0 Å². The third-order valence-electron chi connectivity index (χ3n) is 2.83. The molecule has 130 valence electrons. The molecule has 0 aromatic heterocycles. The molecule has 0 unspecified atom stereocenters. The van der Waals surface area contributed by atoms with Gasteiger partial charge in [0.05, 0.1) is 24.3 Å². The molecule has 0 bridgehead atoms. The zero-order chi connectivity index (χ0) is 18.4. The third-order valence-corrected chi connectivity index (χ3v) is 4.87. The molecule has 0 atom stereocenters. The van der Waals surface area contributed by atoms with Crippen molar-refractivity contribution in [3.8, 4) is 0 Å². The Kier molecular flexibility index (Phi) is 8.32. The molecule has 24 heavy (non-hydrogen) atoms. The monoisotopic (exact) mass is 498 g/mol. The van der Waals surface area contributed by atoms with Crippen molar-refractivity contribution in [1.29, 1.82) is 0 Å².